The number of ether oxygens (including phenoxy) is 1. The van der Waals surface area contributed by atoms with E-state index in [-0.39, 0.29) is 0 Å². The predicted octanol–water partition coefficient (Wildman–Crippen LogP) is 4.44. The van der Waals surface area contributed by atoms with Crippen molar-refractivity contribution >= 4 is 6.09 Å². The van der Waals surface area contributed by atoms with Crippen LogP contribution in [0, 0.1) is 0 Å². The first-order valence-electron chi connectivity index (χ1n) is 7.93. The largest absolute Gasteiger partial charge is 0.444 e. The van der Waals surface area contributed by atoms with Crippen molar-refractivity contribution in [2.45, 2.75) is 66.4 Å². The molecule has 4 nitrogen and oxygen atoms in total. The van der Waals surface area contributed by atoms with E-state index in [1.165, 1.54) is 0 Å². The van der Waals surface area contributed by atoms with Crippen molar-refractivity contribution in [2.75, 3.05) is 13.1 Å². The maximum Gasteiger partial charge on any atom is 0.411 e. The molecule has 0 aliphatic carbocycles. The Kier molecular flexibility index (Phi) is 9.59. The van der Waals surface area contributed by atoms with Gasteiger partial charge in [0.05, 0.1) is 0 Å². The molecule has 0 aromatic rings. The molecule has 0 aliphatic heterocycles. The van der Waals surface area contributed by atoms with Gasteiger partial charge in [0.25, 0.3) is 0 Å². The Morgan fingerprint density at radius 1 is 1.19 bits per heavy atom. The van der Waals surface area contributed by atoms with Crippen molar-refractivity contribution in [1.82, 2.24) is 10.2 Å². The third kappa shape index (κ3) is 10.9. The minimum Gasteiger partial charge on any atom is -0.444 e. The molecule has 0 aromatic carbocycles. The van der Waals surface area contributed by atoms with Crippen LogP contribution in [0.15, 0.2) is 24.0 Å². The molecule has 0 atom stereocenters. The monoisotopic (exact) mass is 296 g/mol. The van der Waals surface area contributed by atoms with Gasteiger partial charge in [-0.1, -0.05) is 13.3 Å². The number of hydrogen-bond acceptors (Lipinski definition) is 3. The lowest BCUT2D eigenvalue weighted by molar-refractivity contribution is 0.0552. The summed E-state index contributed by atoms with van der Waals surface area (Å²) in [6.07, 6.45) is 8.67. The van der Waals surface area contributed by atoms with Crippen molar-refractivity contribution in [3.05, 3.63) is 24.0 Å². The summed E-state index contributed by atoms with van der Waals surface area (Å²) in [5.74, 6) is 0. The summed E-state index contributed by atoms with van der Waals surface area (Å²) >= 11 is 0. The number of rotatable bonds is 8. The van der Waals surface area contributed by atoms with Crippen LogP contribution < -0.4 is 5.32 Å². The van der Waals surface area contributed by atoms with Crippen LogP contribution in [0.5, 0.6) is 0 Å². The van der Waals surface area contributed by atoms with Crippen molar-refractivity contribution in [1.29, 1.82) is 0 Å². The van der Waals surface area contributed by atoms with Crippen LogP contribution >= 0.6 is 0 Å². The highest BCUT2D eigenvalue weighted by atomic mass is 16.6. The number of allylic oxidation sites excluding steroid dienone is 2. The van der Waals surface area contributed by atoms with Crippen LogP contribution in [0.3, 0.4) is 0 Å². The van der Waals surface area contributed by atoms with Crippen LogP contribution in [0.4, 0.5) is 4.79 Å². The number of carbonyl (C=O) groups excluding carboxylic acids is 1. The summed E-state index contributed by atoms with van der Waals surface area (Å²) in [6.45, 7) is 13.9. The molecule has 0 saturated heterocycles. The van der Waals surface area contributed by atoms with E-state index in [2.05, 4.69) is 43.3 Å². The van der Waals surface area contributed by atoms with E-state index in [1.54, 1.807) is 6.20 Å². The van der Waals surface area contributed by atoms with Crippen molar-refractivity contribution in [3.8, 4) is 0 Å². The molecule has 0 aromatic heterocycles. The summed E-state index contributed by atoms with van der Waals surface area (Å²) in [5, 5.41) is 2.72. The van der Waals surface area contributed by atoms with Gasteiger partial charge in [-0.2, -0.15) is 0 Å². The van der Waals surface area contributed by atoms with E-state index in [1.807, 2.05) is 20.8 Å². The third-order valence-electron chi connectivity index (χ3n) is 2.91. The Morgan fingerprint density at radius 3 is 2.29 bits per heavy atom. The normalized spacial score (nSPS) is 12.6. The molecule has 0 unspecified atom stereocenters. The second-order valence-electron chi connectivity index (χ2n) is 6.01. The molecule has 0 spiro atoms. The number of nitrogens with zero attached hydrogens (tertiary/aromatic N) is 1. The molecular weight excluding hydrogens is 264 g/mol. The maximum atomic E-state index is 11.7. The fraction of sp³-hybridized carbons (Fsp3) is 0.706. The van der Waals surface area contributed by atoms with Crippen LogP contribution in [-0.4, -0.2) is 29.7 Å². The number of amides is 1. The smallest absolute Gasteiger partial charge is 0.411 e. The van der Waals surface area contributed by atoms with E-state index in [0.717, 1.165) is 37.9 Å². The van der Waals surface area contributed by atoms with Crippen LogP contribution in [-0.2, 0) is 4.74 Å². The van der Waals surface area contributed by atoms with Crippen molar-refractivity contribution in [2.24, 2.45) is 0 Å². The first-order valence-corrected chi connectivity index (χ1v) is 7.93. The minimum atomic E-state index is -0.474. The van der Waals surface area contributed by atoms with Gasteiger partial charge in [-0.25, -0.2) is 4.79 Å². The number of alkyl carbamates (subject to hydrolysis) is 1. The van der Waals surface area contributed by atoms with Gasteiger partial charge in [0.15, 0.2) is 0 Å². The summed E-state index contributed by atoms with van der Waals surface area (Å²) in [4.78, 5) is 13.9. The lowest BCUT2D eigenvalue weighted by atomic mass is 10.1. The average Bonchev–Trinajstić information content (AvgIpc) is 2.40. The zero-order chi connectivity index (χ0) is 16.3. The molecule has 0 radical (unpaired) electrons. The highest BCUT2D eigenvalue weighted by Crippen LogP contribution is 2.10. The Labute approximate surface area is 130 Å². The van der Waals surface area contributed by atoms with Gasteiger partial charge < -0.3 is 9.64 Å². The van der Waals surface area contributed by atoms with Crippen molar-refractivity contribution < 1.29 is 9.53 Å². The average molecular weight is 296 g/mol. The van der Waals surface area contributed by atoms with Crippen LogP contribution in [0.25, 0.3) is 0 Å². The maximum absolute atomic E-state index is 11.7. The zero-order valence-electron chi connectivity index (χ0n) is 14.5. The lowest BCUT2D eigenvalue weighted by Crippen LogP contribution is -2.29. The van der Waals surface area contributed by atoms with Crippen LogP contribution in [0.1, 0.15) is 60.8 Å². The molecule has 122 valence electrons. The Balaban J connectivity index is 4.66. The molecule has 0 aliphatic rings. The first kappa shape index (κ1) is 19.6. The predicted molar refractivity (Wildman–Crippen MR) is 89.0 cm³/mol. The highest BCUT2D eigenvalue weighted by Gasteiger charge is 2.15. The van der Waals surface area contributed by atoms with Crippen LogP contribution in [0.2, 0.25) is 0 Å². The van der Waals surface area contributed by atoms with Gasteiger partial charge >= 0.3 is 6.09 Å². The van der Waals surface area contributed by atoms with Gasteiger partial charge in [-0.15, -0.1) is 0 Å². The summed E-state index contributed by atoms with van der Waals surface area (Å²) in [6, 6.07) is 0. The second-order valence-corrected chi connectivity index (χ2v) is 6.01. The second kappa shape index (κ2) is 10.3. The van der Waals surface area contributed by atoms with E-state index < -0.39 is 11.7 Å². The summed E-state index contributed by atoms with van der Waals surface area (Å²) < 4.78 is 5.23. The molecule has 21 heavy (non-hydrogen) atoms. The summed E-state index contributed by atoms with van der Waals surface area (Å²) in [7, 11) is 0. The molecule has 1 N–H and O–H groups in total. The minimum absolute atomic E-state index is 0.410. The van der Waals surface area contributed by atoms with Gasteiger partial charge in [0.1, 0.15) is 5.60 Å². The topological polar surface area (TPSA) is 41.6 Å². The molecular formula is C17H32N2O2. The van der Waals surface area contributed by atoms with E-state index in [0.29, 0.717) is 0 Å². The molecule has 0 heterocycles. The fourth-order valence-electron chi connectivity index (χ4n) is 1.68. The number of unbranched alkanes of at least 4 members (excludes halogenated alkanes) is 1. The quantitative estimate of drug-likeness (QED) is 0.673. The zero-order valence-corrected chi connectivity index (χ0v) is 14.5. The Bertz CT molecular complexity index is 350. The molecule has 0 fully saturated rings. The molecule has 4 heteroatoms. The Hall–Kier alpha value is -1.45. The molecule has 0 bridgehead atoms. The number of carbonyl (C=O) groups is 1. The first-order chi connectivity index (χ1) is 9.82. The Morgan fingerprint density at radius 2 is 1.81 bits per heavy atom. The number of hydrogen-bond donors (Lipinski definition) is 1. The third-order valence-corrected chi connectivity index (χ3v) is 2.91. The van der Waals surface area contributed by atoms with Gasteiger partial charge in [0.2, 0.25) is 0 Å². The van der Waals surface area contributed by atoms with E-state index >= 15 is 0 Å². The van der Waals surface area contributed by atoms with Gasteiger partial charge in [-0.3, -0.25) is 5.32 Å². The summed E-state index contributed by atoms with van der Waals surface area (Å²) in [5.41, 5.74) is 0.632. The molecule has 1 amide bonds. The standard InChI is InChI=1S/C17H32N2O2/c1-7-10-11-15(12-13-19(8-2)9-3)14-18-16(20)21-17(4,5)6/h12-14H,7-11H2,1-6H3,(H,18,20)/b13-12+,15-14-. The van der Waals surface area contributed by atoms with E-state index in [4.69, 9.17) is 4.74 Å². The van der Waals surface area contributed by atoms with E-state index in [9.17, 15) is 4.79 Å². The van der Waals surface area contributed by atoms with Crippen molar-refractivity contribution in [3.63, 3.8) is 0 Å². The molecule has 0 saturated carbocycles. The lowest BCUT2D eigenvalue weighted by Gasteiger charge is -2.19. The molecule has 0 rings (SSSR count). The fourth-order valence-corrected chi connectivity index (χ4v) is 1.68. The van der Waals surface area contributed by atoms with Gasteiger partial charge in [-0.05, 0) is 65.3 Å². The van der Waals surface area contributed by atoms with Gasteiger partial charge in [0, 0.05) is 19.3 Å². The SMILES string of the molecule is CCCCC(=C/NC(=O)OC(C)(C)C)/C=C/N(CC)CC. The highest BCUT2D eigenvalue weighted by molar-refractivity contribution is 5.69. The number of nitrogens with one attached hydrogen (secondary N) is 1.